The molecule has 0 spiro atoms. The van der Waals surface area contributed by atoms with Gasteiger partial charge in [-0.25, -0.2) is 8.42 Å². The smallest absolute Gasteiger partial charge is 0.321 e. The summed E-state index contributed by atoms with van der Waals surface area (Å²) in [5.74, 6) is -0.530. The molecule has 1 amide bonds. The number of carbonyl (C=O) groups excluding carboxylic acids is 2. The molecule has 0 radical (unpaired) electrons. The van der Waals surface area contributed by atoms with Crippen LogP contribution in [-0.4, -0.2) is 44.9 Å². The van der Waals surface area contributed by atoms with E-state index < -0.39 is 50.6 Å². The summed E-state index contributed by atoms with van der Waals surface area (Å²) >= 11 is 0. The summed E-state index contributed by atoms with van der Waals surface area (Å²) in [6.07, 6.45) is 2.22. The van der Waals surface area contributed by atoms with Crippen molar-refractivity contribution in [1.82, 2.24) is 10.0 Å². The first-order valence-electron chi connectivity index (χ1n) is 10.0. The highest BCUT2D eigenvalue weighted by Gasteiger charge is 2.22. The molecule has 0 unspecified atom stereocenters. The van der Waals surface area contributed by atoms with Gasteiger partial charge in [-0.2, -0.15) is 4.72 Å². The van der Waals surface area contributed by atoms with Gasteiger partial charge in [-0.1, -0.05) is 13.8 Å². The molecule has 0 aliphatic carbocycles. The maximum absolute atomic E-state index is 12.5. The lowest BCUT2D eigenvalue weighted by Gasteiger charge is -2.10. The number of anilines is 1. The first-order chi connectivity index (χ1) is 15.6. The van der Waals surface area contributed by atoms with Crippen molar-refractivity contribution in [2.45, 2.75) is 31.7 Å². The Labute approximate surface area is 190 Å². The first-order valence-corrected chi connectivity index (χ1v) is 11.5. The Kier molecular flexibility index (Phi) is 9.36. The van der Waals surface area contributed by atoms with Crippen LogP contribution in [0.4, 0.5) is 11.4 Å². The summed E-state index contributed by atoms with van der Waals surface area (Å²) in [5, 5.41) is 16.8. The largest absolute Gasteiger partial charge is 0.467 e. The summed E-state index contributed by atoms with van der Waals surface area (Å²) in [6, 6.07) is 6.62. The predicted octanol–water partition coefficient (Wildman–Crippen LogP) is 1.78. The maximum Gasteiger partial charge on any atom is 0.321 e. The number of nitro groups is 1. The van der Waals surface area contributed by atoms with Gasteiger partial charge in [0.1, 0.15) is 18.0 Å². The molecule has 1 aromatic carbocycles. The van der Waals surface area contributed by atoms with Crippen LogP contribution in [0.15, 0.2) is 45.9 Å². The summed E-state index contributed by atoms with van der Waals surface area (Å²) in [6.45, 7) is 3.31. The Morgan fingerprint density at radius 1 is 1.24 bits per heavy atom. The number of furan rings is 1. The van der Waals surface area contributed by atoms with Crippen LogP contribution in [0.25, 0.3) is 0 Å². The summed E-state index contributed by atoms with van der Waals surface area (Å²) in [7, 11) is -4.25. The van der Waals surface area contributed by atoms with Crippen molar-refractivity contribution in [2.24, 2.45) is 5.92 Å². The summed E-state index contributed by atoms with van der Waals surface area (Å²) < 4.78 is 36.8. The van der Waals surface area contributed by atoms with Gasteiger partial charge < -0.3 is 19.8 Å². The SMILES string of the molecule is CC(C)CCNC(=O)COC(=O)CNS(=O)(=O)c1ccc(NCc2ccco2)c([N+](=O)[O-])c1. The fraction of sp³-hybridized carbons (Fsp3) is 0.400. The minimum Gasteiger partial charge on any atom is -0.467 e. The van der Waals surface area contributed by atoms with E-state index in [-0.39, 0.29) is 12.2 Å². The number of ether oxygens (including phenoxy) is 1. The monoisotopic (exact) mass is 482 g/mol. The Morgan fingerprint density at radius 3 is 2.64 bits per heavy atom. The quantitative estimate of drug-likeness (QED) is 0.219. The molecular weight excluding hydrogens is 456 g/mol. The molecule has 0 bridgehead atoms. The van der Waals surface area contributed by atoms with E-state index in [2.05, 4.69) is 10.6 Å². The number of carbonyl (C=O) groups is 2. The van der Waals surface area contributed by atoms with E-state index in [1.54, 1.807) is 12.1 Å². The molecule has 33 heavy (non-hydrogen) atoms. The van der Waals surface area contributed by atoms with Crippen molar-refractivity contribution in [1.29, 1.82) is 0 Å². The third-order valence-electron chi connectivity index (χ3n) is 4.32. The van der Waals surface area contributed by atoms with Gasteiger partial charge >= 0.3 is 5.97 Å². The van der Waals surface area contributed by atoms with E-state index in [0.717, 1.165) is 18.6 Å². The predicted molar refractivity (Wildman–Crippen MR) is 118 cm³/mol. The van der Waals surface area contributed by atoms with Crippen LogP contribution in [-0.2, 0) is 30.9 Å². The molecule has 0 aliphatic heterocycles. The Bertz CT molecular complexity index is 1070. The van der Waals surface area contributed by atoms with Crippen LogP contribution in [0.3, 0.4) is 0 Å². The highest BCUT2D eigenvalue weighted by atomic mass is 32.2. The number of rotatable bonds is 13. The lowest BCUT2D eigenvalue weighted by atomic mass is 10.1. The van der Waals surface area contributed by atoms with Crippen LogP contribution >= 0.6 is 0 Å². The Morgan fingerprint density at radius 2 is 2.00 bits per heavy atom. The third-order valence-corrected chi connectivity index (χ3v) is 5.72. The van der Waals surface area contributed by atoms with Crippen LogP contribution in [0, 0.1) is 16.0 Å². The molecule has 13 heteroatoms. The van der Waals surface area contributed by atoms with Crippen molar-refractivity contribution in [2.75, 3.05) is 25.0 Å². The van der Waals surface area contributed by atoms with E-state index >= 15 is 0 Å². The van der Waals surface area contributed by atoms with E-state index in [0.29, 0.717) is 18.2 Å². The molecule has 180 valence electrons. The number of nitro benzene ring substituents is 1. The average molecular weight is 483 g/mol. The maximum atomic E-state index is 12.5. The van der Waals surface area contributed by atoms with E-state index in [4.69, 9.17) is 9.15 Å². The molecule has 2 aromatic rings. The molecule has 2 rings (SSSR count). The van der Waals surface area contributed by atoms with Gasteiger partial charge in [0.2, 0.25) is 10.0 Å². The van der Waals surface area contributed by atoms with E-state index in [9.17, 15) is 28.1 Å². The Balaban J connectivity index is 1.92. The molecular formula is C20H26N4O8S. The number of amides is 1. The number of nitrogens with zero attached hydrogens (tertiary/aromatic N) is 1. The second-order valence-electron chi connectivity index (χ2n) is 7.39. The van der Waals surface area contributed by atoms with Gasteiger partial charge in [-0.3, -0.25) is 19.7 Å². The molecule has 0 saturated heterocycles. The zero-order chi connectivity index (χ0) is 24.4. The number of nitrogens with one attached hydrogen (secondary N) is 3. The third kappa shape index (κ3) is 8.54. The standard InChI is InChI=1S/C20H26N4O8S/c1-14(2)7-8-21-19(25)13-32-20(26)12-23-33(29,30)16-5-6-17(18(10-16)24(27)28)22-11-15-4-3-9-31-15/h3-6,9-10,14,22-23H,7-8,11-13H2,1-2H3,(H,21,25). The molecule has 1 aromatic heterocycles. The second kappa shape index (κ2) is 12.0. The fourth-order valence-electron chi connectivity index (χ4n) is 2.56. The Hall–Kier alpha value is -3.45. The van der Waals surface area contributed by atoms with Crippen LogP contribution in [0.1, 0.15) is 26.0 Å². The van der Waals surface area contributed by atoms with Crippen molar-refractivity contribution in [3.63, 3.8) is 0 Å². The minimum absolute atomic E-state index is 0.0956. The van der Waals surface area contributed by atoms with Crippen LogP contribution in [0.2, 0.25) is 0 Å². The molecule has 3 N–H and O–H groups in total. The van der Waals surface area contributed by atoms with Gasteiger partial charge in [0.25, 0.3) is 11.6 Å². The van der Waals surface area contributed by atoms with Crippen molar-refractivity contribution in [3.8, 4) is 0 Å². The molecule has 1 heterocycles. The normalized spacial score (nSPS) is 11.2. The molecule has 0 aliphatic rings. The van der Waals surface area contributed by atoms with Crippen LogP contribution in [0.5, 0.6) is 0 Å². The molecule has 0 fully saturated rings. The van der Waals surface area contributed by atoms with Crippen LogP contribution < -0.4 is 15.4 Å². The van der Waals surface area contributed by atoms with Gasteiger partial charge in [0.15, 0.2) is 6.61 Å². The van der Waals surface area contributed by atoms with Crippen molar-refractivity contribution < 1.29 is 32.1 Å². The average Bonchev–Trinajstić information content (AvgIpc) is 3.28. The highest BCUT2D eigenvalue weighted by Crippen LogP contribution is 2.28. The number of hydrogen-bond acceptors (Lipinski definition) is 9. The zero-order valence-electron chi connectivity index (χ0n) is 18.2. The zero-order valence-corrected chi connectivity index (χ0v) is 19.0. The first kappa shape index (κ1) is 25.8. The lowest BCUT2D eigenvalue weighted by Crippen LogP contribution is -2.34. The topological polar surface area (TPSA) is 170 Å². The summed E-state index contributed by atoms with van der Waals surface area (Å²) in [4.78, 5) is 33.7. The van der Waals surface area contributed by atoms with Gasteiger partial charge in [0.05, 0.1) is 22.6 Å². The van der Waals surface area contributed by atoms with Crippen molar-refractivity contribution >= 4 is 33.3 Å². The van der Waals surface area contributed by atoms with Gasteiger partial charge in [-0.05, 0) is 36.6 Å². The van der Waals surface area contributed by atoms with E-state index in [1.807, 2.05) is 18.6 Å². The lowest BCUT2D eigenvalue weighted by molar-refractivity contribution is -0.384. The van der Waals surface area contributed by atoms with Gasteiger partial charge in [0, 0.05) is 12.6 Å². The number of sulfonamides is 1. The summed E-state index contributed by atoms with van der Waals surface area (Å²) in [5.41, 5.74) is -0.372. The fourth-order valence-corrected chi connectivity index (χ4v) is 3.55. The highest BCUT2D eigenvalue weighted by molar-refractivity contribution is 7.89. The van der Waals surface area contributed by atoms with E-state index in [1.165, 1.54) is 12.3 Å². The number of benzene rings is 1. The number of hydrogen-bond donors (Lipinski definition) is 3. The molecule has 0 saturated carbocycles. The number of esters is 1. The van der Waals surface area contributed by atoms with Crippen molar-refractivity contribution in [3.05, 3.63) is 52.5 Å². The molecule has 0 atom stereocenters. The second-order valence-corrected chi connectivity index (χ2v) is 9.15. The minimum atomic E-state index is -4.25. The molecule has 12 nitrogen and oxygen atoms in total. The van der Waals surface area contributed by atoms with Gasteiger partial charge in [-0.15, -0.1) is 0 Å².